The maximum Gasteiger partial charge on any atom is 0.314 e. The summed E-state index contributed by atoms with van der Waals surface area (Å²) in [6.07, 6.45) is 0.959. The van der Waals surface area contributed by atoms with Crippen molar-refractivity contribution in [3.05, 3.63) is 35.9 Å². The molecule has 0 saturated carbocycles. The number of carbonyl (C=O) groups excluding carboxylic acids is 1. The first-order chi connectivity index (χ1) is 8.29. The highest BCUT2D eigenvalue weighted by atomic mass is 16.5. The van der Waals surface area contributed by atoms with Gasteiger partial charge in [-0.2, -0.15) is 0 Å². The molecule has 0 spiro atoms. The highest BCUT2D eigenvalue weighted by Gasteiger charge is 2.32. The molecule has 1 aromatic rings. The van der Waals surface area contributed by atoms with Crippen molar-refractivity contribution in [1.29, 1.82) is 0 Å². The molecule has 3 nitrogen and oxygen atoms in total. The normalized spacial score (nSPS) is 23.6. The van der Waals surface area contributed by atoms with Gasteiger partial charge in [-0.05, 0) is 6.92 Å². The predicted octanol–water partition coefficient (Wildman–Crippen LogP) is 0.655. The molecule has 2 rings (SSSR count). The van der Waals surface area contributed by atoms with Crippen molar-refractivity contribution in [3.8, 4) is 0 Å². The van der Waals surface area contributed by atoms with Crippen LogP contribution in [0.2, 0.25) is 0 Å². The molecule has 2 atom stereocenters. The molecule has 1 aliphatic rings. The second-order valence-electron chi connectivity index (χ2n) is 4.60. The zero-order chi connectivity index (χ0) is 12.1. The number of nitrogens with one attached hydrogen (secondary N) is 1. The van der Waals surface area contributed by atoms with Gasteiger partial charge in [-0.15, -0.1) is 0 Å². The van der Waals surface area contributed by atoms with E-state index in [1.807, 2.05) is 13.0 Å². The quantitative estimate of drug-likeness (QED) is 0.776. The molecule has 0 radical (unpaired) electrons. The van der Waals surface area contributed by atoms with Crippen LogP contribution in [0.15, 0.2) is 30.3 Å². The highest BCUT2D eigenvalue weighted by Crippen LogP contribution is 2.07. The molecular weight excluding hydrogens is 214 g/mol. The van der Waals surface area contributed by atoms with E-state index in [0.29, 0.717) is 6.61 Å². The maximum absolute atomic E-state index is 11.6. The topological polar surface area (TPSA) is 30.7 Å². The number of esters is 1. The zero-order valence-electron chi connectivity index (χ0n) is 10.3. The van der Waals surface area contributed by atoms with Crippen LogP contribution in [0, 0.1) is 5.92 Å². The molecule has 0 aliphatic carbocycles. The van der Waals surface area contributed by atoms with Gasteiger partial charge < -0.3 is 9.64 Å². The van der Waals surface area contributed by atoms with Crippen LogP contribution in [0.3, 0.4) is 0 Å². The van der Waals surface area contributed by atoms with E-state index in [0.717, 1.165) is 26.1 Å². The minimum absolute atomic E-state index is 0.0180. The number of benzene rings is 1. The number of rotatable bonds is 4. The van der Waals surface area contributed by atoms with E-state index in [4.69, 9.17) is 4.74 Å². The fourth-order valence-corrected chi connectivity index (χ4v) is 2.44. The van der Waals surface area contributed by atoms with Crippen molar-refractivity contribution in [2.75, 3.05) is 19.7 Å². The summed E-state index contributed by atoms with van der Waals surface area (Å²) < 4.78 is 5.07. The summed E-state index contributed by atoms with van der Waals surface area (Å²) in [5, 5.41) is 0. The lowest BCUT2D eigenvalue weighted by Gasteiger charge is -2.12. The molecule has 1 aromatic carbocycles. The summed E-state index contributed by atoms with van der Waals surface area (Å²) in [5.41, 5.74) is 1.34. The van der Waals surface area contributed by atoms with E-state index in [1.165, 1.54) is 10.5 Å². The number of hydrogen-bond donors (Lipinski definition) is 1. The maximum atomic E-state index is 11.6. The third-order valence-corrected chi connectivity index (χ3v) is 3.30. The molecule has 1 fully saturated rings. The second kappa shape index (κ2) is 5.82. The van der Waals surface area contributed by atoms with Gasteiger partial charge in [0.1, 0.15) is 12.5 Å². The zero-order valence-corrected chi connectivity index (χ0v) is 10.3. The average molecular weight is 234 g/mol. The lowest BCUT2D eigenvalue weighted by Crippen LogP contribution is -3.09. The molecule has 0 bridgehead atoms. The number of likely N-dealkylation sites (tertiary alicyclic amines) is 1. The summed E-state index contributed by atoms with van der Waals surface area (Å²) in [6.45, 7) is 5.34. The standard InChI is InChI=1S/C14H19NO2/c1-2-17-14(16)13-8-9-15(11-13)10-12-6-4-3-5-7-12/h3-7,13H,2,8-11H2,1H3/p+1/t13-/m0/s1. The molecule has 92 valence electrons. The fourth-order valence-electron chi connectivity index (χ4n) is 2.44. The predicted molar refractivity (Wildman–Crippen MR) is 65.6 cm³/mol. The van der Waals surface area contributed by atoms with Crippen LogP contribution in [-0.4, -0.2) is 25.7 Å². The SMILES string of the molecule is CCOC(=O)[C@H]1CC[NH+](Cc2ccccc2)C1. The van der Waals surface area contributed by atoms with Gasteiger partial charge in [-0.25, -0.2) is 0 Å². The van der Waals surface area contributed by atoms with Crippen LogP contribution < -0.4 is 4.90 Å². The van der Waals surface area contributed by atoms with Crippen molar-refractivity contribution < 1.29 is 14.4 Å². The first kappa shape index (κ1) is 12.1. The Kier molecular flexibility index (Phi) is 4.15. The van der Waals surface area contributed by atoms with E-state index < -0.39 is 0 Å². The van der Waals surface area contributed by atoms with E-state index in [-0.39, 0.29) is 11.9 Å². The molecule has 1 N–H and O–H groups in total. The Morgan fingerprint density at radius 2 is 2.18 bits per heavy atom. The molecule has 0 aromatic heterocycles. The van der Waals surface area contributed by atoms with Crippen LogP contribution in [0.5, 0.6) is 0 Å². The molecule has 3 heteroatoms. The van der Waals surface area contributed by atoms with Crippen LogP contribution in [-0.2, 0) is 16.1 Å². The molecule has 1 saturated heterocycles. The molecule has 1 heterocycles. The summed E-state index contributed by atoms with van der Waals surface area (Å²) in [6, 6.07) is 10.4. The van der Waals surface area contributed by atoms with Crippen LogP contribution in [0.4, 0.5) is 0 Å². The third kappa shape index (κ3) is 3.30. The Labute approximate surface area is 102 Å². The summed E-state index contributed by atoms with van der Waals surface area (Å²) in [7, 11) is 0. The Hall–Kier alpha value is -1.35. The Balaban J connectivity index is 1.84. The Morgan fingerprint density at radius 1 is 1.41 bits per heavy atom. The number of carbonyl (C=O) groups is 1. The van der Waals surface area contributed by atoms with Gasteiger partial charge in [0.2, 0.25) is 0 Å². The summed E-state index contributed by atoms with van der Waals surface area (Å²) in [5.74, 6) is 0.0872. The molecule has 17 heavy (non-hydrogen) atoms. The van der Waals surface area contributed by atoms with Crippen molar-refractivity contribution in [1.82, 2.24) is 0 Å². The Bertz CT molecular complexity index is 364. The van der Waals surface area contributed by atoms with Gasteiger partial charge in [0.15, 0.2) is 0 Å². The van der Waals surface area contributed by atoms with Crippen LogP contribution in [0.25, 0.3) is 0 Å². The number of hydrogen-bond acceptors (Lipinski definition) is 2. The van der Waals surface area contributed by atoms with E-state index in [2.05, 4.69) is 24.3 Å². The first-order valence-electron chi connectivity index (χ1n) is 6.33. The third-order valence-electron chi connectivity index (χ3n) is 3.30. The highest BCUT2D eigenvalue weighted by molar-refractivity contribution is 5.72. The van der Waals surface area contributed by atoms with Gasteiger partial charge in [0.05, 0.1) is 19.7 Å². The lowest BCUT2D eigenvalue weighted by atomic mass is 10.1. The molecule has 0 amide bonds. The van der Waals surface area contributed by atoms with Gasteiger partial charge in [0.25, 0.3) is 0 Å². The van der Waals surface area contributed by atoms with Gasteiger partial charge >= 0.3 is 5.97 Å². The second-order valence-corrected chi connectivity index (χ2v) is 4.60. The first-order valence-corrected chi connectivity index (χ1v) is 6.33. The van der Waals surface area contributed by atoms with E-state index in [9.17, 15) is 4.79 Å². The number of ether oxygens (including phenoxy) is 1. The van der Waals surface area contributed by atoms with Gasteiger partial charge in [0, 0.05) is 12.0 Å². The van der Waals surface area contributed by atoms with E-state index >= 15 is 0 Å². The summed E-state index contributed by atoms with van der Waals surface area (Å²) >= 11 is 0. The van der Waals surface area contributed by atoms with Crippen molar-refractivity contribution in [2.24, 2.45) is 5.92 Å². The summed E-state index contributed by atoms with van der Waals surface area (Å²) in [4.78, 5) is 13.1. The monoisotopic (exact) mass is 234 g/mol. The largest absolute Gasteiger partial charge is 0.466 e. The average Bonchev–Trinajstić information content (AvgIpc) is 2.79. The molecule has 1 aliphatic heterocycles. The van der Waals surface area contributed by atoms with Crippen molar-refractivity contribution in [3.63, 3.8) is 0 Å². The van der Waals surface area contributed by atoms with Crippen LogP contribution in [0.1, 0.15) is 18.9 Å². The van der Waals surface area contributed by atoms with Crippen molar-refractivity contribution >= 4 is 5.97 Å². The van der Waals surface area contributed by atoms with E-state index in [1.54, 1.807) is 0 Å². The fraction of sp³-hybridized carbons (Fsp3) is 0.500. The van der Waals surface area contributed by atoms with Gasteiger partial charge in [-0.1, -0.05) is 30.3 Å². The minimum atomic E-state index is -0.0180. The van der Waals surface area contributed by atoms with Crippen molar-refractivity contribution in [2.45, 2.75) is 19.9 Å². The van der Waals surface area contributed by atoms with Crippen LogP contribution >= 0.6 is 0 Å². The smallest absolute Gasteiger partial charge is 0.314 e. The minimum Gasteiger partial charge on any atom is -0.466 e. The molecular formula is C14H20NO2+. The number of quaternary nitrogens is 1. The Morgan fingerprint density at radius 3 is 2.88 bits per heavy atom. The van der Waals surface area contributed by atoms with Gasteiger partial charge in [-0.3, -0.25) is 4.79 Å². The lowest BCUT2D eigenvalue weighted by molar-refractivity contribution is -0.902. The molecule has 1 unspecified atom stereocenters.